The zero-order valence-electron chi connectivity index (χ0n) is 12.6. The lowest BCUT2D eigenvalue weighted by Gasteiger charge is -2.39. The zero-order chi connectivity index (χ0) is 14.4. The van der Waals surface area contributed by atoms with E-state index in [4.69, 9.17) is 11.6 Å². The van der Waals surface area contributed by atoms with E-state index >= 15 is 0 Å². The van der Waals surface area contributed by atoms with E-state index in [1.165, 1.54) is 31.4 Å². The van der Waals surface area contributed by atoms with Gasteiger partial charge in [-0.3, -0.25) is 0 Å². The Morgan fingerprint density at radius 1 is 1.10 bits per heavy atom. The highest BCUT2D eigenvalue weighted by molar-refractivity contribution is 6.49. The quantitative estimate of drug-likeness (QED) is 0.705. The Morgan fingerprint density at radius 3 is 2.40 bits per heavy atom. The van der Waals surface area contributed by atoms with Crippen LogP contribution in [0, 0.1) is 0 Å². The van der Waals surface area contributed by atoms with Crippen LogP contribution >= 0.6 is 11.6 Å². The van der Waals surface area contributed by atoms with Gasteiger partial charge in [0, 0.05) is 23.7 Å². The molecule has 1 aliphatic rings. The van der Waals surface area contributed by atoms with E-state index in [0.717, 1.165) is 30.2 Å². The van der Waals surface area contributed by atoms with Gasteiger partial charge in [-0.25, -0.2) is 5.01 Å². The summed E-state index contributed by atoms with van der Waals surface area (Å²) in [6, 6.07) is 8.44. The molecule has 20 heavy (non-hydrogen) atoms. The molecule has 0 spiro atoms. The third-order valence-electron chi connectivity index (χ3n) is 3.76. The summed E-state index contributed by atoms with van der Waals surface area (Å²) in [5.41, 5.74) is 2.39. The average molecular weight is 293 g/mol. The van der Waals surface area contributed by atoms with Crippen LogP contribution in [0.3, 0.4) is 0 Å². The Hall–Kier alpha value is -0.990. The first-order valence-corrected chi connectivity index (χ1v) is 8.13. The van der Waals surface area contributed by atoms with Crippen LogP contribution in [0.5, 0.6) is 0 Å². The largest absolute Gasteiger partial charge is 0.301 e. The van der Waals surface area contributed by atoms with Crippen molar-refractivity contribution in [1.82, 2.24) is 5.01 Å². The number of benzene rings is 1. The highest BCUT2D eigenvalue weighted by Crippen LogP contribution is 2.34. The van der Waals surface area contributed by atoms with Crippen molar-refractivity contribution >= 4 is 22.3 Å². The third kappa shape index (κ3) is 3.56. The molecule has 0 unspecified atom stereocenters. The zero-order valence-corrected chi connectivity index (χ0v) is 13.4. The molecule has 2 rings (SSSR count). The van der Waals surface area contributed by atoms with Crippen molar-refractivity contribution in [3.63, 3.8) is 0 Å². The van der Waals surface area contributed by atoms with Crippen molar-refractivity contribution < 1.29 is 0 Å². The number of hydrogen-bond donors (Lipinski definition) is 0. The standard InChI is InChI=1S/C17H25ClN2/c1-3-5-12-19(13-6-4-2)20-14-11-16(18)15-9-7-8-10-17(15)20/h7-11H,3-6,12-14H2,1-2H3. The van der Waals surface area contributed by atoms with Crippen LogP contribution in [0.2, 0.25) is 0 Å². The van der Waals surface area contributed by atoms with Crippen LogP contribution in [0.4, 0.5) is 5.69 Å². The molecule has 2 nitrogen and oxygen atoms in total. The molecule has 0 N–H and O–H groups in total. The molecular weight excluding hydrogens is 268 g/mol. The summed E-state index contributed by atoms with van der Waals surface area (Å²) in [5, 5.41) is 5.76. The smallest absolute Gasteiger partial charge is 0.0613 e. The predicted molar refractivity (Wildman–Crippen MR) is 89.0 cm³/mol. The molecule has 0 bridgehead atoms. The van der Waals surface area contributed by atoms with Gasteiger partial charge in [-0.2, -0.15) is 0 Å². The normalized spacial score (nSPS) is 14.4. The first-order valence-electron chi connectivity index (χ1n) is 7.75. The number of rotatable bonds is 7. The molecule has 0 saturated carbocycles. The number of para-hydroxylation sites is 1. The fraction of sp³-hybridized carbons (Fsp3) is 0.529. The molecule has 1 aromatic carbocycles. The summed E-state index contributed by atoms with van der Waals surface area (Å²) in [6.45, 7) is 7.62. The number of fused-ring (bicyclic) bond motifs is 1. The van der Waals surface area contributed by atoms with Gasteiger partial charge < -0.3 is 5.01 Å². The third-order valence-corrected chi connectivity index (χ3v) is 4.12. The van der Waals surface area contributed by atoms with Crippen molar-refractivity contribution in [2.45, 2.75) is 39.5 Å². The van der Waals surface area contributed by atoms with Gasteiger partial charge in [-0.15, -0.1) is 0 Å². The summed E-state index contributed by atoms with van der Waals surface area (Å²) in [4.78, 5) is 0. The molecule has 110 valence electrons. The fourth-order valence-electron chi connectivity index (χ4n) is 2.58. The van der Waals surface area contributed by atoms with E-state index in [2.05, 4.69) is 54.2 Å². The maximum Gasteiger partial charge on any atom is 0.0613 e. The maximum absolute atomic E-state index is 6.34. The lowest BCUT2D eigenvalue weighted by Crippen LogP contribution is -2.45. The summed E-state index contributed by atoms with van der Waals surface area (Å²) in [7, 11) is 0. The molecule has 1 aromatic rings. The average Bonchev–Trinajstić information content (AvgIpc) is 2.49. The molecular formula is C17H25ClN2. The molecule has 0 amide bonds. The van der Waals surface area contributed by atoms with Gasteiger partial charge in [-0.1, -0.05) is 56.5 Å². The Labute approximate surface area is 128 Å². The van der Waals surface area contributed by atoms with Crippen LogP contribution in [-0.2, 0) is 0 Å². The van der Waals surface area contributed by atoms with Gasteiger partial charge in [0.15, 0.2) is 0 Å². The number of halogens is 1. The predicted octanol–water partition coefficient (Wildman–Crippen LogP) is 4.90. The van der Waals surface area contributed by atoms with E-state index in [1.807, 2.05) is 0 Å². The van der Waals surface area contributed by atoms with E-state index in [9.17, 15) is 0 Å². The summed E-state index contributed by atoms with van der Waals surface area (Å²) in [5.74, 6) is 0. The fourth-order valence-corrected chi connectivity index (χ4v) is 2.81. The minimum Gasteiger partial charge on any atom is -0.301 e. The first-order chi connectivity index (χ1) is 9.77. The van der Waals surface area contributed by atoms with E-state index < -0.39 is 0 Å². The van der Waals surface area contributed by atoms with E-state index in [1.54, 1.807) is 0 Å². The molecule has 1 heterocycles. The number of unbranched alkanes of at least 4 members (excludes halogenated alkanes) is 2. The highest BCUT2D eigenvalue weighted by Gasteiger charge is 2.21. The summed E-state index contributed by atoms with van der Waals surface area (Å²) in [6.07, 6.45) is 7.05. The van der Waals surface area contributed by atoms with Crippen LogP contribution in [0.1, 0.15) is 45.1 Å². The number of hydrogen-bond acceptors (Lipinski definition) is 2. The van der Waals surface area contributed by atoms with Gasteiger partial charge in [0.2, 0.25) is 0 Å². The Morgan fingerprint density at radius 2 is 1.75 bits per heavy atom. The molecule has 1 aliphatic heterocycles. The summed E-state index contributed by atoms with van der Waals surface area (Å²) < 4.78 is 0. The minimum absolute atomic E-state index is 0.878. The van der Waals surface area contributed by atoms with Gasteiger partial charge in [0.05, 0.1) is 12.2 Å². The molecule has 3 heteroatoms. The topological polar surface area (TPSA) is 6.48 Å². The summed E-state index contributed by atoms with van der Waals surface area (Å²) >= 11 is 6.34. The molecule has 0 atom stereocenters. The van der Waals surface area contributed by atoms with Gasteiger partial charge in [-0.05, 0) is 25.0 Å². The van der Waals surface area contributed by atoms with Crippen molar-refractivity contribution in [3.05, 3.63) is 35.9 Å². The Bertz CT molecular complexity index is 448. The van der Waals surface area contributed by atoms with Crippen molar-refractivity contribution in [3.8, 4) is 0 Å². The van der Waals surface area contributed by atoms with Crippen molar-refractivity contribution in [2.24, 2.45) is 0 Å². The second-order valence-electron chi connectivity index (χ2n) is 5.31. The maximum atomic E-state index is 6.34. The second kappa shape index (κ2) is 7.70. The minimum atomic E-state index is 0.878. The lowest BCUT2D eigenvalue weighted by atomic mass is 10.1. The molecule has 0 aliphatic carbocycles. The monoisotopic (exact) mass is 292 g/mol. The van der Waals surface area contributed by atoms with E-state index in [-0.39, 0.29) is 0 Å². The SMILES string of the molecule is CCCCN(CCCC)N1CC=C(Cl)c2ccccc21. The second-order valence-corrected chi connectivity index (χ2v) is 5.72. The molecule has 0 fully saturated rings. The van der Waals surface area contributed by atoms with Crippen molar-refractivity contribution in [1.29, 1.82) is 0 Å². The first kappa shape index (κ1) is 15.4. The molecule has 0 saturated heterocycles. The number of anilines is 1. The van der Waals surface area contributed by atoms with Crippen LogP contribution in [0.15, 0.2) is 30.3 Å². The highest BCUT2D eigenvalue weighted by atomic mass is 35.5. The van der Waals surface area contributed by atoms with Crippen LogP contribution in [-0.4, -0.2) is 24.6 Å². The Balaban J connectivity index is 2.20. The number of hydrazine groups is 1. The molecule has 0 radical (unpaired) electrons. The van der Waals surface area contributed by atoms with E-state index in [0.29, 0.717) is 0 Å². The van der Waals surface area contributed by atoms with Gasteiger partial charge in [0.1, 0.15) is 0 Å². The van der Waals surface area contributed by atoms with Gasteiger partial charge >= 0.3 is 0 Å². The lowest BCUT2D eigenvalue weighted by molar-refractivity contribution is 0.247. The van der Waals surface area contributed by atoms with Crippen molar-refractivity contribution in [2.75, 3.05) is 24.6 Å². The Kier molecular flexibility index (Phi) is 5.93. The molecule has 0 aromatic heterocycles. The number of nitrogens with zero attached hydrogens (tertiary/aromatic N) is 2. The van der Waals surface area contributed by atoms with Crippen LogP contribution in [0.25, 0.3) is 5.03 Å². The van der Waals surface area contributed by atoms with Crippen LogP contribution < -0.4 is 5.01 Å². The van der Waals surface area contributed by atoms with Gasteiger partial charge in [0.25, 0.3) is 0 Å².